The van der Waals surface area contributed by atoms with Crippen molar-refractivity contribution >= 4 is 44.7 Å². The molecule has 1 amide bonds. The van der Waals surface area contributed by atoms with Crippen molar-refractivity contribution in [2.24, 2.45) is 0 Å². The van der Waals surface area contributed by atoms with Gasteiger partial charge in [0.05, 0.1) is 5.39 Å². The van der Waals surface area contributed by atoms with Gasteiger partial charge in [-0.15, -0.1) is 11.3 Å². The minimum Gasteiger partial charge on any atom is -0.340 e. The number of aromatic nitrogens is 2. The number of carbonyl (C=O) groups is 1. The molecule has 1 aromatic carbocycles. The molecule has 1 aliphatic heterocycles. The molecular formula is C19H18N4OS. The molecule has 5 nitrogen and oxygen atoms in total. The summed E-state index contributed by atoms with van der Waals surface area (Å²) in [5.74, 6) is 0.997. The largest absolute Gasteiger partial charge is 0.340 e. The average Bonchev–Trinajstić information content (AvgIpc) is 3.27. The maximum atomic E-state index is 11.7. The summed E-state index contributed by atoms with van der Waals surface area (Å²) in [6.07, 6.45) is 6.05. The zero-order valence-electron chi connectivity index (χ0n) is 14.0. The molecule has 1 aliphatic carbocycles. The van der Waals surface area contributed by atoms with Crippen molar-refractivity contribution < 1.29 is 4.79 Å². The highest BCUT2D eigenvalue weighted by Crippen LogP contribution is 2.40. The molecule has 3 heterocycles. The Morgan fingerprint density at radius 2 is 2.16 bits per heavy atom. The van der Waals surface area contributed by atoms with E-state index in [2.05, 4.69) is 21.4 Å². The van der Waals surface area contributed by atoms with Gasteiger partial charge >= 0.3 is 0 Å². The van der Waals surface area contributed by atoms with E-state index in [1.807, 2.05) is 17.0 Å². The molecule has 0 unspecified atom stereocenters. The Labute approximate surface area is 149 Å². The lowest BCUT2D eigenvalue weighted by Gasteiger charge is -2.15. The molecular weight excluding hydrogens is 332 g/mol. The van der Waals surface area contributed by atoms with Crippen molar-refractivity contribution in [1.82, 2.24) is 9.97 Å². The first-order valence-electron chi connectivity index (χ1n) is 8.64. The van der Waals surface area contributed by atoms with E-state index in [1.165, 1.54) is 27.8 Å². The first kappa shape index (κ1) is 14.8. The van der Waals surface area contributed by atoms with Gasteiger partial charge in [-0.3, -0.25) is 4.79 Å². The smallest absolute Gasteiger partial charge is 0.223 e. The van der Waals surface area contributed by atoms with E-state index in [-0.39, 0.29) is 5.91 Å². The Kier molecular flexibility index (Phi) is 3.28. The van der Waals surface area contributed by atoms with Crippen molar-refractivity contribution in [2.75, 3.05) is 16.8 Å². The molecule has 0 spiro atoms. The Morgan fingerprint density at radius 3 is 3.04 bits per heavy atom. The lowest BCUT2D eigenvalue weighted by Crippen LogP contribution is -2.25. The molecule has 0 atom stereocenters. The number of anilines is 3. The minimum atomic E-state index is 0.103. The summed E-state index contributed by atoms with van der Waals surface area (Å²) >= 11 is 1.80. The predicted molar refractivity (Wildman–Crippen MR) is 101 cm³/mol. The Morgan fingerprint density at radius 1 is 1.24 bits per heavy atom. The standard InChI is InChI=1S/C19H18N4OS/c1-11(24)23-8-7-12-9-13(5-6-15(12)23)22-18-17-14-3-2-4-16(14)25-19(17)21-10-20-18/h5-6,9-10H,2-4,7-8H2,1H3,(H,20,21,22). The van der Waals surface area contributed by atoms with Crippen LogP contribution >= 0.6 is 11.3 Å². The number of rotatable bonds is 2. The van der Waals surface area contributed by atoms with E-state index in [0.29, 0.717) is 0 Å². The van der Waals surface area contributed by atoms with Crippen molar-refractivity contribution in [3.05, 3.63) is 40.5 Å². The fourth-order valence-electron chi connectivity index (χ4n) is 3.97. The average molecular weight is 350 g/mol. The van der Waals surface area contributed by atoms with Crippen LogP contribution in [-0.4, -0.2) is 22.4 Å². The molecule has 2 aliphatic rings. The van der Waals surface area contributed by atoms with Crippen LogP contribution in [-0.2, 0) is 24.1 Å². The second-order valence-electron chi connectivity index (χ2n) is 6.65. The van der Waals surface area contributed by atoms with Crippen LogP contribution in [0.2, 0.25) is 0 Å². The highest BCUT2D eigenvalue weighted by atomic mass is 32.1. The number of hydrogen-bond acceptors (Lipinski definition) is 5. The van der Waals surface area contributed by atoms with E-state index in [4.69, 9.17) is 0 Å². The normalized spacial score (nSPS) is 15.5. The molecule has 3 aromatic rings. The molecule has 5 rings (SSSR count). The lowest BCUT2D eigenvalue weighted by atomic mass is 10.1. The molecule has 25 heavy (non-hydrogen) atoms. The summed E-state index contributed by atoms with van der Waals surface area (Å²) in [4.78, 5) is 25.0. The minimum absolute atomic E-state index is 0.103. The molecule has 0 radical (unpaired) electrons. The SMILES string of the molecule is CC(=O)N1CCc2cc(Nc3ncnc4sc5c(c34)CCC5)ccc21. The van der Waals surface area contributed by atoms with Crippen molar-refractivity contribution in [2.45, 2.75) is 32.6 Å². The van der Waals surface area contributed by atoms with E-state index < -0.39 is 0 Å². The number of benzene rings is 1. The number of nitrogens with one attached hydrogen (secondary N) is 1. The van der Waals surface area contributed by atoms with Crippen LogP contribution in [0, 0.1) is 0 Å². The van der Waals surface area contributed by atoms with Crippen molar-refractivity contribution in [3.63, 3.8) is 0 Å². The summed E-state index contributed by atoms with van der Waals surface area (Å²) in [6, 6.07) is 6.20. The van der Waals surface area contributed by atoms with Crippen LogP contribution in [0.3, 0.4) is 0 Å². The molecule has 2 aromatic heterocycles. The quantitative estimate of drug-likeness (QED) is 0.763. The van der Waals surface area contributed by atoms with Gasteiger partial charge in [-0.1, -0.05) is 0 Å². The number of fused-ring (bicyclic) bond motifs is 4. The number of carbonyl (C=O) groups excluding carboxylic acids is 1. The van der Waals surface area contributed by atoms with Gasteiger partial charge in [-0.2, -0.15) is 0 Å². The summed E-state index contributed by atoms with van der Waals surface area (Å²) < 4.78 is 0. The van der Waals surface area contributed by atoms with Gasteiger partial charge in [-0.25, -0.2) is 9.97 Å². The first-order valence-corrected chi connectivity index (χ1v) is 9.45. The van der Waals surface area contributed by atoms with Gasteiger partial charge in [0, 0.05) is 29.7 Å². The fraction of sp³-hybridized carbons (Fsp3) is 0.316. The van der Waals surface area contributed by atoms with Gasteiger partial charge in [0.2, 0.25) is 5.91 Å². The number of nitrogens with zero attached hydrogens (tertiary/aromatic N) is 3. The van der Waals surface area contributed by atoms with Crippen molar-refractivity contribution in [1.29, 1.82) is 0 Å². The topological polar surface area (TPSA) is 58.1 Å². The number of hydrogen-bond donors (Lipinski definition) is 1. The van der Waals surface area contributed by atoms with Gasteiger partial charge in [0.25, 0.3) is 0 Å². The maximum absolute atomic E-state index is 11.7. The predicted octanol–water partition coefficient (Wildman–Crippen LogP) is 3.83. The van der Waals surface area contributed by atoms with Crippen LogP contribution in [0.25, 0.3) is 10.2 Å². The Hall–Kier alpha value is -2.47. The van der Waals surface area contributed by atoms with Gasteiger partial charge in [0.1, 0.15) is 17.0 Å². The molecule has 126 valence electrons. The van der Waals surface area contributed by atoms with Gasteiger partial charge < -0.3 is 10.2 Å². The number of aryl methyl sites for hydroxylation is 2. The van der Waals surface area contributed by atoms with Crippen molar-refractivity contribution in [3.8, 4) is 0 Å². The second-order valence-corrected chi connectivity index (χ2v) is 7.73. The van der Waals surface area contributed by atoms with Gasteiger partial charge in [-0.05, 0) is 55.0 Å². The molecule has 0 fully saturated rings. The third-order valence-corrected chi connectivity index (χ3v) is 6.32. The summed E-state index contributed by atoms with van der Waals surface area (Å²) in [6.45, 7) is 2.39. The molecule has 0 bridgehead atoms. The molecule has 1 N–H and O–H groups in total. The van der Waals surface area contributed by atoms with Crippen LogP contribution in [0.1, 0.15) is 29.3 Å². The van der Waals surface area contributed by atoms with E-state index in [9.17, 15) is 4.79 Å². The fourth-order valence-corrected chi connectivity index (χ4v) is 5.20. The van der Waals surface area contributed by atoms with E-state index in [1.54, 1.807) is 24.6 Å². The van der Waals surface area contributed by atoms with Crippen LogP contribution in [0.5, 0.6) is 0 Å². The van der Waals surface area contributed by atoms with Crippen LogP contribution < -0.4 is 10.2 Å². The first-order chi connectivity index (χ1) is 12.2. The monoisotopic (exact) mass is 350 g/mol. The zero-order chi connectivity index (χ0) is 17.0. The third kappa shape index (κ3) is 2.32. The molecule has 0 saturated carbocycles. The highest BCUT2D eigenvalue weighted by Gasteiger charge is 2.23. The number of amides is 1. The second kappa shape index (κ2) is 5.52. The summed E-state index contributed by atoms with van der Waals surface area (Å²) in [5, 5.41) is 4.67. The maximum Gasteiger partial charge on any atom is 0.223 e. The molecule has 6 heteroatoms. The number of thiophene rings is 1. The van der Waals surface area contributed by atoms with Crippen LogP contribution in [0.15, 0.2) is 24.5 Å². The summed E-state index contributed by atoms with van der Waals surface area (Å²) in [5.41, 5.74) is 4.68. The highest BCUT2D eigenvalue weighted by molar-refractivity contribution is 7.19. The third-order valence-electron chi connectivity index (χ3n) is 5.12. The van der Waals surface area contributed by atoms with E-state index in [0.717, 1.165) is 47.8 Å². The molecule has 0 saturated heterocycles. The Bertz CT molecular complexity index is 1010. The van der Waals surface area contributed by atoms with Crippen LogP contribution in [0.4, 0.5) is 17.2 Å². The lowest BCUT2D eigenvalue weighted by molar-refractivity contribution is -0.116. The van der Waals surface area contributed by atoms with E-state index >= 15 is 0 Å². The Balaban J connectivity index is 1.53. The summed E-state index contributed by atoms with van der Waals surface area (Å²) in [7, 11) is 0. The zero-order valence-corrected chi connectivity index (χ0v) is 14.8. The van der Waals surface area contributed by atoms with Gasteiger partial charge in [0.15, 0.2) is 0 Å².